The highest BCUT2D eigenvalue weighted by atomic mass is 35.5. The summed E-state index contributed by atoms with van der Waals surface area (Å²) in [6.45, 7) is 0. The molecule has 1 aliphatic carbocycles. The lowest BCUT2D eigenvalue weighted by molar-refractivity contribution is 0.362. The average Bonchev–Trinajstić information content (AvgIpc) is 2.77. The van der Waals surface area contributed by atoms with Gasteiger partial charge in [-0.25, -0.2) is 4.39 Å². The van der Waals surface area contributed by atoms with E-state index in [1.807, 2.05) is 0 Å². The Morgan fingerprint density at radius 3 is 2.62 bits per heavy atom. The smallest absolute Gasteiger partial charge is 0.129 e. The Bertz CT molecular complexity index is 344. The highest BCUT2D eigenvalue weighted by Crippen LogP contribution is 2.38. The molecule has 0 aliphatic heterocycles. The predicted octanol–water partition coefficient (Wildman–Crippen LogP) is 3.17. The Morgan fingerprint density at radius 2 is 2.06 bits per heavy atom. The van der Waals surface area contributed by atoms with Crippen molar-refractivity contribution >= 4 is 11.6 Å². The summed E-state index contributed by atoms with van der Waals surface area (Å²) in [5.41, 5.74) is 3.23. The third-order valence-electron chi connectivity index (χ3n) is 3.36. The molecule has 16 heavy (non-hydrogen) atoms. The molecule has 0 bridgehead atoms. The van der Waals surface area contributed by atoms with Crippen LogP contribution < -0.4 is 11.3 Å². The van der Waals surface area contributed by atoms with E-state index in [0.29, 0.717) is 16.5 Å². The van der Waals surface area contributed by atoms with E-state index in [-0.39, 0.29) is 11.9 Å². The van der Waals surface area contributed by atoms with Crippen LogP contribution in [-0.4, -0.2) is 0 Å². The Kier molecular flexibility index (Phi) is 3.79. The number of benzene rings is 1. The molecule has 0 saturated heterocycles. The van der Waals surface area contributed by atoms with E-state index in [1.54, 1.807) is 12.1 Å². The molecular weight excluding hydrogens is 227 g/mol. The van der Waals surface area contributed by atoms with Gasteiger partial charge in [0.25, 0.3) is 0 Å². The van der Waals surface area contributed by atoms with Crippen LogP contribution in [0.5, 0.6) is 0 Å². The van der Waals surface area contributed by atoms with Crippen LogP contribution in [-0.2, 0) is 0 Å². The number of hydrogen-bond donors (Lipinski definition) is 2. The number of nitrogens with two attached hydrogens (primary N) is 1. The van der Waals surface area contributed by atoms with Crippen molar-refractivity contribution < 1.29 is 4.39 Å². The number of rotatable bonds is 3. The molecule has 1 unspecified atom stereocenters. The molecule has 4 heteroatoms. The van der Waals surface area contributed by atoms with Crippen LogP contribution >= 0.6 is 11.6 Å². The fourth-order valence-corrected chi connectivity index (χ4v) is 2.83. The topological polar surface area (TPSA) is 38.0 Å². The fourth-order valence-electron chi connectivity index (χ4n) is 2.55. The number of hydrazine groups is 1. The van der Waals surface area contributed by atoms with Crippen molar-refractivity contribution in [1.29, 1.82) is 0 Å². The monoisotopic (exact) mass is 242 g/mol. The predicted molar refractivity (Wildman–Crippen MR) is 63.4 cm³/mol. The van der Waals surface area contributed by atoms with E-state index >= 15 is 0 Å². The second kappa shape index (κ2) is 5.13. The maximum Gasteiger partial charge on any atom is 0.129 e. The summed E-state index contributed by atoms with van der Waals surface area (Å²) >= 11 is 6.05. The van der Waals surface area contributed by atoms with E-state index in [4.69, 9.17) is 17.4 Å². The minimum absolute atomic E-state index is 0.170. The van der Waals surface area contributed by atoms with E-state index in [1.165, 1.54) is 18.9 Å². The van der Waals surface area contributed by atoms with Crippen molar-refractivity contribution in [2.45, 2.75) is 31.7 Å². The summed E-state index contributed by atoms with van der Waals surface area (Å²) in [7, 11) is 0. The Hall–Kier alpha value is -0.640. The van der Waals surface area contributed by atoms with Crippen LogP contribution in [0.3, 0.4) is 0 Å². The van der Waals surface area contributed by atoms with Gasteiger partial charge < -0.3 is 0 Å². The quantitative estimate of drug-likeness (QED) is 0.631. The first-order valence-corrected chi connectivity index (χ1v) is 6.02. The molecule has 1 aromatic carbocycles. The summed E-state index contributed by atoms with van der Waals surface area (Å²) in [5, 5.41) is 0.454. The fraction of sp³-hybridized carbons (Fsp3) is 0.500. The highest BCUT2D eigenvalue weighted by molar-refractivity contribution is 6.31. The molecule has 1 aliphatic rings. The number of hydrogen-bond acceptors (Lipinski definition) is 2. The largest absolute Gasteiger partial charge is 0.271 e. The standard InChI is InChI=1S/C12H16ClFN2/c13-9-6-3-7-10(14)11(9)12(16-15)8-4-1-2-5-8/h3,6-8,12,16H,1-2,4-5,15H2. The van der Waals surface area contributed by atoms with Gasteiger partial charge in [0.05, 0.1) is 6.04 Å². The lowest BCUT2D eigenvalue weighted by Gasteiger charge is -2.24. The molecule has 88 valence electrons. The van der Waals surface area contributed by atoms with Crippen LogP contribution in [0.4, 0.5) is 4.39 Å². The second-order valence-electron chi connectivity index (χ2n) is 4.32. The minimum atomic E-state index is -0.276. The summed E-state index contributed by atoms with van der Waals surface area (Å²) < 4.78 is 13.8. The normalized spacial score (nSPS) is 18.9. The number of halogens is 2. The van der Waals surface area contributed by atoms with Crippen molar-refractivity contribution in [3.05, 3.63) is 34.6 Å². The van der Waals surface area contributed by atoms with Crippen molar-refractivity contribution in [2.75, 3.05) is 0 Å². The molecular formula is C12H16ClFN2. The van der Waals surface area contributed by atoms with Crippen molar-refractivity contribution in [3.8, 4) is 0 Å². The molecule has 1 atom stereocenters. The van der Waals surface area contributed by atoms with Gasteiger partial charge in [0, 0.05) is 10.6 Å². The van der Waals surface area contributed by atoms with E-state index in [2.05, 4.69) is 5.43 Å². The minimum Gasteiger partial charge on any atom is -0.271 e. The molecule has 1 saturated carbocycles. The lowest BCUT2D eigenvalue weighted by atomic mass is 9.92. The molecule has 0 spiro atoms. The SMILES string of the molecule is NNC(c1c(F)cccc1Cl)C1CCCC1. The van der Waals surface area contributed by atoms with E-state index in [0.717, 1.165) is 12.8 Å². The zero-order chi connectivity index (χ0) is 11.5. The van der Waals surface area contributed by atoms with Gasteiger partial charge in [-0.1, -0.05) is 30.5 Å². The van der Waals surface area contributed by atoms with Gasteiger partial charge in [-0.3, -0.25) is 11.3 Å². The van der Waals surface area contributed by atoms with Crippen molar-refractivity contribution in [1.82, 2.24) is 5.43 Å². The Labute approximate surface area is 99.9 Å². The molecule has 0 amide bonds. The first kappa shape index (κ1) is 11.8. The van der Waals surface area contributed by atoms with Gasteiger partial charge in [0.15, 0.2) is 0 Å². The van der Waals surface area contributed by atoms with Gasteiger partial charge in [0.2, 0.25) is 0 Å². The van der Waals surface area contributed by atoms with Gasteiger partial charge >= 0.3 is 0 Å². The van der Waals surface area contributed by atoms with Gasteiger partial charge in [0.1, 0.15) is 5.82 Å². The summed E-state index contributed by atoms with van der Waals surface area (Å²) in [5.74, 6) is 5.66. The van der Waals surface area contributed by atoms with Crippen LogP contribution in [0, 0.1) is 11.7 Å². The van der Waals surface area contributed by atoms with E-state index < -0.39 is 0 Å². The molecule has 1 fully saturated rings. The Balaban J connectivity index is 2.32. The zero-order valence-electron chi connectivity index (χ0n) is 9.05. The third kappa shape index (κ3) is 2.21. The first-order valence-electron chi connectivity index (χ1n) is 5.64. The molecule has 2 rings (SSSR count). The van der Waals surface area contributed by atoms with Gasteiger partial charge in [-0.15, -0.1) is 0 Å². The molecule has 3 N–H and O–H groups in total. The second-order valence-corrected chi connectivity index (χ2v) is 4.73. The molecule has 1 aromatic rings. The molecule has 0 aromatic heterocycles. The van der Waals surface area contributed by atoms with E-state index in [9.17, 15) is 4.39 Å². The maximum atomic E-state index is 13.8. The summed E-state index contributed by atoms with van der Waals surface area (Å²) in [4.78, 5) is 0. The molecule has 0 radical (unpaired) electrons. The van der Waals surface area contributed by atoms with Crippen LogP contribution in [0.15, 0.2) is 18.2 Å². The summed E-state index contributed by atoms with van der Waals surface area (Å²) in [6.07, 6.45) is 4.54. The van der Waals surface area contributed by atoms with Gasteiger partial charge in [-0.05, 0) is 30.9 Å². The van der Waals surface area contributed by atoms with Crippen LogP contribution in [0.25, 0.3) is 0 Å². The van der Waals surface area contributed by atoms with Gasteiger partial charge in [-0.2, -0.15) is 0 Å². The lowest BCUT2D eigenvalue weighted by Crippen LogP contribution is -2.33. The maximum absolute atomic E-state index is 13.8. The number of nitrogens with one attached hydrogen (secondary N) is 1. The van der Waals surface area contributed by atoms with Crippen molar-refractivity contribution in [3.63, 3.8) is 0 Å². The van der Waals surface area contributed by atoms with Crippen LogP contribution in [0.1, 0.15) is 37.3 Å². The molecule has 2 nitrogen and oxygen atoms in total. The zero-order valence-corrected chi connectivity index (χ0v) is 9.80. The third-order valence-corrected chi connectivity index (χ3v) is 3.69. The average molecular weight is 243 g/mol. The first-order chi connectivity index (χ1) is 7.74. The van der Waals surface area contributed by atoms with Crippen molar-refractivity contribution in [2.24, 2.45) is 11.8 Å². The summed E-state index contributed by atoms with van der Waals surface area (Å²) in [6, 6.07) is 4.58. The molecule has 0 heterocycles. The highest BCUT2D eigenvalue weighted by Gasteiger charge is 2.28. The van der Waals surface area contributed by atoms with Crippen LogP contribution in [0.2, 0.25) is 5.02 Å². The Morgan fingerprint density at radius 1 is 1.38 bits per heavy atom.